The summed E-state index contributed by atoms with van der Waals surface area (Å²) in [5.74, 6) is 1.40. The minimum absolute atomic E-state index is 0.110. The van der Waals surface area contributed by atoms with Crippen molar-refractivity contribution in [3.63, 3.8) is 0 Å². The quantitative estimate of drug-likeness (QED) is 0.500. The Bertz CT molecular complexity index is 615. The van der Waals surface area contributed by atoms with Crippen LogP contribution in [0.5, 0.6) is 0 Å². The van der Waals surface area contributed by atoms with E-state index >= 15 is 0 Å². The van der Waals surface area contributed by atoms with Crippen LogP contribution in [0.15, 0.2) is 22.5 Å². The number of hydrogen-bond acceptors (Lipinski definition) is 7. The zero-order chi connectivity index (χ0) is 14.5. The molecule has 0 unspecified atom stereocenters. The molecule has 1 heterocycles. The van der Waals surface area contributed by atoms with Gasteiger partial charge in [0.25, 0.3) is 5.69 Å². The summed E-state index contributed by atoms with van der Waals surface area (Å²) in [5, 5.41) is 14.1. The minimum atomic E-state index is -0.360. The Hall–Kier alpha value is -1.67. The topological polar surface area (TPSA) is 81.0 Å². The third kappa shape index (κ3) is 3.67. The maximum absolute atomic E-state index is 11.1. The molecule has 0 amide bonds. The van der Waals surface area contributed by atoms with E-state index in [-0.39, 0.29) is 10.6 Å². The second-order valence-electron chi connectivity index (χ2n) is 4.04. The van der Waals surface area contributed by atoms with Crippen LogP contribution < -0.4 is 5.32 Å². The van der Waals surface area contributed by atoms with Crippen molar-refractivity contribution in [2.24, 2.45) is 0 Å². The van der Waals surface area contributed by atoms with Gasteiger partial charge in [-0.05, 0) is 37.0 Å². The number of hydrogen-bond donors (Lipinski definition) is 1. The van der Waals surface area contributed by atoms with Gasteiger partial charge in [0.15, 0.2) is 4.34 Å². The number of nitrogens with one attached hydrogen (secondary N) is 1. The normalized spacial score (nSPS) is 10.5. The molecule has 2 aromatic rings. The summed E-state index contributed by atoms with van der Waals surface area (Å²) in [6.07, 6.45) is 0. The van der Waals surface area contributed by atoms with E-state index in [4.69, 9.17) is 0 Å². The van der Waals surface area contributed by atoms with Crippen LogP contribution in [0, 0.1) is 17.0 Å². The molecule has 0 spiro atoms. The largest absolute Gasteiger partial charge is 0.380 e. The van der Waals surface area contributed by atoms with Crippen molar-refractivity contribution < 1.29 is 4.92 Å². The van der Waals surface area contributed by atoms with Gasteiger partial charge in [0.05, 0.1) is 4.92 Å². The van der Waals surface area contributed by atoms with Crippen molar-refractivity contribution in [3.05, 3.63) is 39.7 Å². The second kappa shape index (κ2) is 6.67. The highest BCUT2D eigenvalue weighted by Gasteiger charge is 2.14. The summed E-state index contributed by atoms with van der Waals surface area (Å²) in [5.41, 5.74) is 1.56. The zero-order valence-electron chi connectivity index (χ0n) is 11.1. The predicted molar refractivity (Wildman–Crippen MR) is 81.5 cm³/mol. The van der Waals surface area contributed by atoms with Crippen molar-refractivity contribution in [1.82, 2.24) is 9.36 Å². The van der Waals surface area contributed by atoms with E-state index in [0.717, 1.165) is 15.7 Å². The summed E-state index contributed by atoms with van der Waals surface area (Å²) in [4.78, 5) is 15.0. The molecule has 2 rings (SSSR count). The van der Waals surface area contributed by atoms with Crippen LogP contribution in [-0.4, -0.2) is 20.8 Å². The molecule has 0 saturated heterocycles. The molecule has 0 fully saturated rings. The number of rotatable bonds is 6. The maximum Gasteiger partial charge on any atom is 0.292 e. The van der Waals surface area contributed by atoms with Crippen LogP contribution in [0.25, 0.3) is 0 Å². The van der Waals surface area contributed by atoms with Gasteiger partial charge in [-0.1, -0.05) is 17.8 Å². The predicted octanol–water partition coefficient (Wildman–Crippen LogP) is 3.48. The zero-order valence-corrected chi connectivity index (χ0v) is 12.8. The van der Waals surface area contributed by atoms with Gasteiger partial charge < -0.3 is 5.32 Å². The van der Waals surface area contributed by atoms with Crippen molar-refractivity contribution in [3.8, 4) is 0 Å². The molecule has 0 aliphatic rings. The summed E-state index contributed by atoms with van der Waals surface area (Å²) in [7, 11) is 0. The average Bonchev–Trinajstić information content (AvgIpc) is 2.83. The molecule has 1 aromatic heterocycles. The fourth-order valence-electron chi connectivity index (χ4n) is 1.64. The first-order valence-corrected chi connectivity index (χ1v) is 7.80. The Balaban J connectivity index is 2.12. The van der Waals surface area contributed by atoms with Gasteiger partial charge in [0, 0.05) is 18.4 Å². The van der Waals surface area contributed by atoms with E-state index in [2.05, 4.69) is 14.7 Å². The van der Waals surface area contributed by atoms with Crippen molar-refractivity contribution >= 4 is 34.7 Å². The molecule has 0 atom stereocenters. The minimum Gasteiger partial charge on any atom is -0.380 e. The molecule has 0 bridgehead atoms. The van der Waals surface area contributed by atoms with E-state index in [1.165, 1.54) is 23.3 Å². The third-order valence-electron chi connectivity index (χ3n) is 2.50. The van der Waals surface area contributed by atoms with Gasteiger partial charge in [-0.15, -0.1) is 0 Å². The number of aryl methyl sites for hydroxylation is 1. The lowest BCUT2D eigenvalue weighted by atomic mass is 10.2. The first kappa shape index (κ1) is 14.7. The molecular formula is C12H14N4O2S2. The molecule has 106 valence electrons. The van der Waals surface area contributed by atoms with E-state index < -0.39 is 0 Å². The van der Waals surface area contributed by atoms with Gasteiger partial charge in [0.1, 0.15) is 11.5 Å². The lowest BCUT2D eigenvalue weighted by Crippen LogP contribution is -2.01. The van der Waals surface area contributed by atoms with Gasteiger partial charge in [0.2, 0.25) is 0 Å². The van der Waals surface area contributed by atoms with Gasteiger partial charge in [-0.25, -0.2) is 4.98 Å². The number of thioether (sulfide) groups is 1. The second-order valence-corrected chi connectivity index (χ2v) is 6.01. The lowest BCUT2D eigenvalue weighted by Gasteiger charge is -2.06. The van der Waals surface area contributed by atoms with Gasteiger partial charge in [-0.2, -0.15) is 4.37 Å². The summed E-state index contributed by atoms with van der Waals surface area (Å²) in [6, 6.07) is 5.26. The highest BCUT2D eigenvalue weighted by Crippen LogP contribution is 2.29. The molecule has 0 aliphatic carbocycles. The Morgan fingerprint density at radius 3 is 2.90 bits per heavy atom. The SMILES string of the molecule is CCNc1ccc(CSc2nc(C)ns2)cc1[N+](=O)[O-]. The molecule has 0 radical (unpaired) electrons. The number of nitro groups is 1. The Labute approximate surface area is 124 Å². The van der Waals surface area contributed by atoms with E-state index in [9.17, 15) is 10.1 Å². The Morgan fingerprint density at radius 2 is 2.30 bits per heavy atom. The summed E-state index contributed by atoms with van der Waals surface area (Å²) in [6.45, 7) is 4.40. The number of anilines is 1. The first-order chi connectivity index (χ1) is 9.60. The average molecular weight is 310 g/mol. The van der Waals surface area contributed by atoms with Crippen LogP contribution in [-0.2, 0) is 5.75 Å². The molecule has 1 N–H and O–H groups in total. The molecule has 8 heteroatoms. The third-order valence-corrected chi connectivity index (χ3v) is 4.49. The number of benzene rings is 1. The highest BCUT2D eigenvalue weighted by atomic mass is 32.2. The lowest BCUT2D eigenvalue weighted by molar-refractivity contribution is -0.384. The number of aromatic nitrogens is 2. The van der Waals surface area contributed by atoms with E-state index in [1.807, 2.05) is 19.9 Å². The molecule has 20 heavy (non-hydrogen) atoms. The van der Waals surface area contributed by atoms with Crippen LogP contribution in [0.1, 0.15) is 18.3 Å². The Morgan fingerprint density at radius 1 is 1.50 bits per heavy atom. The van der Waals surface area contributed by atoms with Crippen LogP contribution in [0.3, 0.4) is 0 Å². The summed E-state index contributed by atoms with van der Waals surface area (Å²) < 4.78 is 4.98. The van der Waals surface area contributed by atoms with Crippen LogP contribution in [0.4, 0.5) is 11.4 Å². The van der Waals surface area contributed by atoms with Crippen LogP contribution in [0.2, 0.25) is 0 Å². The maximum atomic E-state index is 11.1. The summed E-state index contributed by atoms with van der Waals surface area (Å²) >= 11 is 2.88. The molecule has 6 nitrogen and oxygen atoms in total. The standard InChI is InChI=1S/C12H14N4O2S2/c1-3-13-10-5-4-9(6-11(10)16(17)18)7-19-12-14-8(2)15-20-12/h4-6,13H,3,7H2,1-2H3. The number of nitrogens with zero attached hydrogens (tertiary/aromatic N) is 3. The molecule has 1 aromatic carbocycles. The van der Waals surface area contributed by atoms with E-state index in [1.54, 1.807) is 12.1 Å². The fraction of sp³-hybridized carbons (Fsp3) is 0.333. The number of nitro benzene ring substituents is 1. The first-order valence-electron chi connectivity index (χ1n) is 6.04. The fourth-order valence-corrected chi connectivity index (χ4v) is 3.23. The Kier molecular flexibility index (Phi) is 4.91. The highest BCUT2D eigenvalue weighted by molar-refractivity contribution is 8.00. The van der Waals surface area contributed by atoms with Gasteiger partial charge in [-0.3, -0.25) is 10.1 Å². The smallest absolute Gasteiger partial charge is 0.292 e. The van der Waals surface area contributed by atoms with Crippen LogP contribution >= 0.6 is 23.3 Å². The van der Waals surface area contributed by atoms with Crippen molar-refractivity contribution in [1.29, 1.82) is 0 Å². The van der Waals surface area contributed by atoms with Crippen molar-refractivity contribution in [2.45, 2.75) is 23.9 Å². The van der Waals surface area contributed by atoms with E-state index in [0.29, 0.717) is 18.0 Å². The molecule has 0 aliphatic heterocycles. The van der Waals surface area contributed by atoms with Crippen molar-refractivity contribution in [2.75, 3.05) is 11.9 Å². The molecular weight excluding hydrogens is 296 g/mol. The monoisotopic (exact) mass is 310 g/mol. The molecule has 0 saturated carbocycles. The van der Waals surface area contributed by atoms with Gasteiger partial charge >= 0.3 is 0 Å².